The van der Waals surface area contributed by atoms with Crippen LogP contribution in [-0.2, 0) is 0 Å². The molecule has 2 heterocycles. The van der Waals surface area contributed by atoms with Crippen molar-refractivity contribution in [2.45, 2.75) is 13.8 Å². The Balaban J connectivity index is 1.74. The molecule has 24 heavy (non-hydrogen) atoms. The molecule has 0 unspecified atom stereocenters. The van der Waals surface area contributed by atoms with E-state index in [1.54, 1.807) is 6.20 Å². The molecule has 0 spiro atoms. The van der Waals surface area contributed by atoms with Crippen molar-refractivity contribution < 1.29 is 0 Å². The zero-order valence-corrected chi connectivity index (χ0v) is 13.4. The van der Waals surface area contributed by atoms with E-state index in [1.165, 1.54) is 5.56 Å². The first-order chi connectivity index (χ1) is 11.7. The van der Waals surface area contributed by atoms with E-state index >= 15 is 0 Å². The molecule has 0 saturated carbocycles. The molecule has 0 aliphatic heterocycles. The lowest BCUT2D eigenvalue weighted by Crippen LogP contribution is -2.05. The summed E-state index contributed by atoms with van der Waals surface area (Å²) in [4.78, 5) is 9.15. The summed E-state index contributed by atoms with van der Waals surface area (Å²) in [5.74, 6) is 2.00. The van der Waals surface area contributed by atoms with Crippen LogP contribution in [0.4, 0.5) is 11.6 Å². The van der Waals surface area contributed by atoms with Gasteiger partial charge in [0.1, 0.15) is 5.82 Å². The van der Waals surface area contributed by atoms with Crippen molar-refractivity contribution in [3.8, 4) is 5.82 Å². The SMILES string of the molecule is Cc1ccc(Nc2nncc(-n3c(C)nc4ccccc43)n2)cc1. The molecule has 0 aliphatic carbocycles. The fourth-order valence-corrected chi connectivity index (χ4v) is 2.66. The van der Waals surface area contributed by atoms with Crippen LogP contribution >= 0.6 is 0 Å². The van der Waals surface area contributed by atoms with E-state index in [0.717, 1.165) is 22.5 Å². The Morgan fingerprint density at radius 1 is 0.917 bits per heavy atom. The minimum Gasteiger partial charge on any atom is -0.323 e. The van der Waals surface area contributed by atoms with E-state index in [-0.39, 0.29) is 0 Å². The Morgan fingerprint density at radius 3 is 2.54 bits per heavy atom. The number of rotatable bonds is 3. The average Bonchev–Trinajstić information content (AvgIpc) is 2.93. The Kier molecular flexibility index (Phi) is 3.42. The number of para-hydroxylation sites is 2. The second-order valence-electron chi connectivity index (χ2n) is 5.61. The zero-order valence-electron chi connectivity index (χ0n) is 13.4. The van der Waals surface area contributed by atoms with Crippen molar-refractivity contribution in [2.24, 2.45) is 0 Å². The molecule has 2 aromatic carbocycles. The summed E-state index contributed by atoms with van der Waals surface area (Å²) in [6.07, 6.45) is 1.64. The van der Waals surface area contributed by atoms with Crippen LogP contribution in [0, 0.1) is 13.8 Å². The van der Waals surface area contributed by atoms with Gasteiger partial charge in [-0.2, -0.15) is 10.1 Å². The van der Waals surface area contributed by atoms with Crippen molar-refractivity contribution in [1.29, 1.82) is 0 Å². The molecule has 118 valence electrons. The molecule has 0 aliphatic rings. The molecule has 0 bridgehead atoms. The van der Waals surface area contributed by atoms with E-state index in [1.807, 2.05) is 60.0 Å². The van der Waals surface area contributed by atoms with Crippen LogP contribution in [0.15, 0.2) is 54.7 Å². The minimum absolute atomic E-state index is 0.452. The lowest BCUT2D eigenvalue weighted by molar-refractivity contribution is 0.893. The van der Waals surface area contributed by atoms with Gasteiger partial charge in [0.15, 0.2) is 5.82 Å². The molecule has 4 aromatic rings. The van der Waals surface area contributed by atoms with Gasteiger partial charge in [-0.1, -0.05) is 29.8 Å². The van der Waals surface area contributed by atoms with Crippen LogP contribution in [0.1, 0.15) is 11.4 Å². The maximum absolute atomic E-state index is 4.58. The van der Waals surface area contributed by atoms with Crippen molar-refractivity contribution in [3.63, 3.8) is 0 Å². The number of benzene rings is 2. The summed E-state index contributed by atoms with van der Waals surface area (Å²) in [6.45, 7) is 4.00. The molecule has 2 aromatic heterocycles. The monoisotopic (exact) mass is 316 g/mol. The summed E-state index contributed by atoms with van der Waals surface area (Å²) in [6, 6.07) is 16.0. The molecule has 6 nitrogen and oxygen atoms in total. The van der Waals surface area contributed by atoms with Gasteiger partial charge in [-0.25, -0.2) is 4.98 Å². The largest absolute Gasteiger partial charge is 0.323 e. The van der Waals surface area contributed by atoms with Crippen molar-refractivity contribution >= 4 is 22.7 Å². The van der Waals surface area contributed by atoms with Crippen LogP contribution in [-0.4, -0.2) is 24.7 Å². The number of anilines is 2. The Hall–Kier alpha value is -3.28. The molecule has 0 saturated heterocycles. The molecule has 4 rings (SSSR count). The predicted molar refractivity (Wildman–Crippen MR) is 93.7 cm³/mol. The van der Waals surface area contributed by atoms with Gasteiger partial charge in [-0.15, -0.1) is 5.10 Å². The number of nitrogens with one attached hydrogen (secondary N) is 1. The van der Waals surface area contributed by atoms with Crippen LogP contribution in [0.5, 0.6) is 0 Å². The van der Waals surface area contributed by atoms with Gasteiger partial charge in [0.25, 0.3) is 0 Å². The number of fused-ring (bicyclic) bond motifs is 1. The highest BCUT2D eigenvalue weighted by atomic mass is 15.3. The lowest BCUT2D eigenvalue weighted by Gasteiger charge is -2.08. The number of imidazole rings is 1. The van der Waals surface area contributed by atoms with E-state index in [2.05, 4.69) is 32.4 Å². The molecular weight excluding hydrogens is 300 g/mol. The van der Waals surface area contributed by atoms with Crippen molar-refractivity contribution in [2.75, 3.05) is 5.32 Å². The standard InChI is InChI=1S/C18H16N6/c1-12-7-9-14(10-8-12)21-18-22-17(11-19-23-18)24-13(2)20-15-5-3-4-6-16(15)24/h3-11H,1-2H3,(H,21,22,23). The molecule has 0 amide bonds. The van der Waals surface area contributed by atoms with Crippen LogP contribution in [0.2, 0.25) is 0 Å². The van der Waals surface area contributed by atoms with Crippen LogP contribution < -0.4 is 5.32 Å². The van der Waals surface area contributed by atoms with Gasteiger partial charge in [0.05, 0.1) is 17.2 Å². The van der Waals surface area contributed by atoms with Gasteiger partial charge in [0.2, 0.25) is 5.95 Å². The predicted octanol–water partition coefficient (Wildman–Crippen LogP) is 3.57. The van der Waals surface area contributed by atoms with Crippen molar-refractivity contribution in [3.05, 3.63) is 66.1 Å². The molecule has 1 N–H and O–H groups in total. The maximum Gasteiger partial charge on any atom is 0.249 e. The van der Waals surface area contributed by atoms with Crippen LogP contribution in [0.3, 0.4) is 0 Å². The highest BCUT2D eigenvalue weighted by Crippen LogP contribution is 2.20. The number of aromatic nitrogens is 5. The maximum atomic E-state index is 4.58. The van der Waals surface area contributed by atoms with Crippen LogP contribution in [0.25, 0.3) is 16.9 Å². The highest BCUT2D eigenvalue weighted by molar-refractivity contribution is 5.77. The third kappa shape index (κ3) is 2.58. The topological polar surface area (TPSA) is 68.5 Å². The van der Waals surface area contributed by atoms with E-state index in [0.29, 0.717) is 11.8 Å². The summed E-state index contributed by atoms with van der Waals surface area (Å²) < 4.78 is 1.98. The molecule has 0 fully saturated rings. The Morgan fingerprint density at radius 2 is 1.71 bits per heavy atom. The second-order valence-corrected chi connectivity index (χ2v) is 5.61. The summed E-state index contributed by atoms with van der Waals surface area (Å²) in [5, 5.41) is 11.3. The summed E-state index contributed by atoms with van der Waals surface area (Å²) >= 11 is 0. The summed E-state index contributed by atoms with van der Waals surface area (Å²) in [7, 11) is 0. The highest BCUT2D eigenvalue weighted by Gasteiger charge is 2.11. The lowest BCUT2D eigenvalue weighted by atomic mass is 10.2. The smallest absolute Gasteiger partial charge is 0.249 e. The Bertz CT molecular complexity index is 1000. The first-order valence-corrected chi connectivity index (χ1v) is 7.68. The first kappa shape index (κ1) is 14.3. The normalized spacial score (nSPS) is 10.9. The molecular formula is C18H16N6. The number of nitrogens with zero attached hydrogens (tertiary/aromatic N) is 5. The van der Waals surface area contributed by atoms with E-state index < -0.39 is 0 Å². The number of hydrogen-bond donors (Lipinski definition) is 1. The summed E-state index contributed by atoms with van der Waals surface area (Å²) in [5.41, 5.74) is 4.05. The van der Waals surface area contributed by atoms with Crippen molar-refractivity contribution in [1.82, 2.24) is 24.7 Å². The number of hydrogen-bond acceptors (Lipinski definition) is 5. The first-order valence-electron chi connectivity index (χ1n) is 7.68. The van der Waals surface area contributed by atoms with Gasteiger partial charge >= 0.3 is 0 Å². The minimum atomic E-state index is 0.452. The quantitative estimate of drug-likeness (QED) is 0.626. The molecule has 6 heteroatoms. The third-order valence-electron chi connectivity index (χ3n) is 3.81. The van der Waals surface area contributed by atoms with E-state index in [9.17, 15) is 0 Å². The second kappa shape index (κ2) is 5.73. The molecule has 0 atom stereocenters. The zero-order chi connectivity index (χ0) is 16.5. The average molecular weight is 316 g/mol. The fourth-order valence-electron chi connectivity index (χ4n) is 2.66. The van der Waals surface area contributed by atoms with Gasteiger partial charge in [-0.05, 0) is 38.1 Å². The molecule has 0 radical (unpaired) electrons. The fraction of sp³-hybridized carbons (Fsp3) is 0.111. The van der Waals surface area contributed by atoms with E-state index in [4.69, 9.17) is 0 Å². The van der Waals surface area contributed by atoms with Gasteiger partial charge < -0.3 is 5.32 Å². The van der Waals surface area contributed by atoms with Gasteiger partial charge in [-0.3, -0.25) is 4.57 Å². The Labute approximate surface area is 139 Å². The third-order valence-corrected chi connectivity index (χ3v) is 3.81. The number of aryl methyl sites for hydroxylation is 2. The van der Waals surface area contributed by atoms with Gasteiger partial charge in [0, 0.05) is 5.69 Å².